The van der Waals surface area contributed by atoms with Gasteiger partial charge >= 0.3 is 0 Å². The third-order valence-electron chi connectivity index (χ3n) is 3.69. The fourth-order valence-electron chi connectivity index (χ4n) is 2.65. The van der Waals surface area contributed by atoms with Crippen molar-refractivity contribution < 1.29 is 4.74 Å². The minimum absolute atomic E-state index is 0.873. The molecule has 1 saturated heterocycles. The summed E-state index contributed by atoms with van der Waals surface area (Å²) < 4.78 is 5.35. The molecule has 3 rings (SSSR count). The Morgan fingerprint density at radius 3 is 2.59 bits per heavy atom. The summed E-state index contributed by atoms with van der Waals surface area (Å²) in [7, 11) is 0. The van der Waals surface area contributed by atoms with Crippen LogP contribution in [0.1, 0.15) is 32.1 Å². The molecule has 1 fully saturated rings. The van der Waals surface area contributed by atoms with Gasteiger partial charge in [-0.1, -0.05) is 0 Å². The molecule has 2 heterocycles. The molecular weight excluding hydrogens is 214 g/mol. The lowest BCUT2D eigenvalue weighted by Crippen LogP contribution is -2.37. The number of rotatable bonds is 3. The normalized spacial score (nSPS) is 25.5. The average molecular weight is 234 g/mol. The van der Waals surface area contributed by atoms with Crippen LogP contribution in [0, 0.1) is 0 Å². The summed E-state index contributed by atoms with van der Waals surface area (Å²) in [5.41, 5.74) is 2.54. The highest BCUT2D eigenvalue weighted by molar-refractivity contribution is 5.87. The van der Waals surface area contributed by atoms with Crippen molar-refractivity contribution in [3.63, 3.8) is 0 Å². The Bertz CT molecular complexity index is 343. The van der Waals surface area contributed by atoms with Crippen LogP contribution in [0.5, 0.6) is 0 Å². The number of nitrogens with zero attached hydrogens (tertiary/aromatic N) is 3. The lowest BCUT2D eigenvalue weighted by molar-refractivity contribution is 0.0391. The van der Waals surface area contributed by atoms with E-state index < -0.39 is 0 Å². The van der Waals surface area contributed by atoms with Crippen LogP contribution < -0.4 is 5.32 Å². The van der Waals surface area contributed by atoms with Crippen molar-refractivity contribution in [3.8, 4) is 0 Å². The summed E-state index contributed by atoms with van der Waals surface area (Å²) >= 11 is 0. The third kappa shape index (κ3) is 2.69. The van der Waals surface area contributed by atoms with E-state index in [-0.39, 0.29) is 0 Å². The summed E-state index contributed by atoms with van der Waals surface area (Å²) in [5.74, 6) is 1.06. The minimum Gasteiger partial charge on any atom is -0.379 e. The zero-order valence-electron chi connectivity index (χ0n) is 10.3. The topological polar surface area (TPSA) is 38.9 Å². The minimum atomic E-state index is 0.873. The summed E-state index contributed by atoms with van der Waals surface area (Å²) in [6.07, 6.45) is 5.84. The molecule has 0 unspecified atom stereocenters. The summed E-state index contributed by atoms with van der Waals surface area (Å²) in [5, 5.41) is 4.67. The second kappa shape index (κ2) is 5.19. The van der Waals surface area contributed by atoms with Crippen molar-refractivity contribution in [2.24, 2.45) is 4.99 Å². The van der Waals surface area contributed by atoms with Gasteiger partial charge in [-0.05, 0) is 25.7 Å². The fourth-order valence-corrected chi connectivity index (χ4v) is 2.65. The summed E-state index contributed by atoms with van der Waals surface area (Å²) in [6, 6.07) is 0. The Kier molecular flexibility index (Phi) is 3.43. The molecule has 0 aromatic carbocycles. The van der Waals surface area contributed by atoms with E-state index in [1.54, 1.807) is 0 Å². The van der Waals surface area contributed by atoms with Crippen molar-refractivity contribution in [2.75, 3.05) is 32.8 Å². The van der Waals surface area contributed by atoms with Crippen LogP contribution in [0.25, 0.3) is 0 Å². The first-order chi connectivity index (χ1) is 8.42. The van der Waals surface area contributed by atoms with Crippen LogP contribution in [-0.4, -0.2) is 43.6 Å². The zero-order valence-corrected chi connectivity index (χ0v) is 10.3. The van der Waals surface area contributed by atoms with Gasteiger partial charge in [-0.3, -0.25) is 4.90 Å². The molecule has 4 heteroatoms. The Morgan fingerprint density at radius 2 is 1.82 bits per heavy atom. The Hall–Kier alpha value is -0.870. The van der Waals surface area contributed by atoms with Crippen molar-refractivity contribution in [1.82, 2.24) is 10.2 Å². The molecule has 0 aromatic heterocycles. The molecule has 0 atom stereocenters. The van der Waals surface area contributed by atoms with Crippen LogP contribution in [0.2, 0.25) is 0 Å². The van der Waals surface area contributed by atoms with Gasteiger partial charge in [0.2, 0.25) is 0 Å². The maximum Gasteiger partial charge on any atom is 0.130 e. The molecule has 0 spiro atoms. The molecule has 0 aromatic rings. The maximum atomic E-state index is 5.35. The second-order valence-corrected chi connectivity index (χ2v) is 4.94. The van der Waals surface area contributed by atoms with Gasteiger partial charge in [-0.15, -0.1) is 0 Å². The van der Waals surface area contributed by atoms with Crippen molar-refractivity contribution >= 4 is 5.84 Å². The van der Waals surface area contributed by atoms with Crippen molar-refractivity contribution in [2.45, 2.75) is 32.1 Å². The van der Waals surface area contributed by atoms with Crippen LogP contribution in [-0.2, 0) is 4.74 Å². The second-order valence-electron chi connectivity index (χ2n) is 4.94. The number of morpholine rings is 1. The molecule has 3 aliphatic rings. The van der Waals surface area contributed by atoms with E-state index >= 15 is 0 Å². The zero-order chi connectivity index (χ0) is 11.5. The Balaban J connectivity index is 1.47. The lowest BCUT2D eigenvalue weighted by atomic mass is 10.0. The molecular formula is C13H20N3O. The number of ether oxygens (including phenoxy) is 1. The number of aliphatic imine (C=N–C) groups is 1. The van der Waals surface area contributed by atoms with Gasteiger partial charge in [-0.25, -0.2) is 10.3 Å². The molecule has 1 aliphatic carbocycles. The fraction of sp³-hybridized carbons (Fsp3) is 0.769. The SMILES string of the molecule is C1CCC2=C(C1)[N]C(CCN1CCOCC1)=N2. The highest BCUT2D eigenvalue weighted by Gasteiger charge is 2.22. The largest absolute Gasteiger partial charge is 0.379 e. The first kappa shape index (κ1) is 11.2. The number of hydrogen-bond donors (Lipinski definition) is 0. The quantitative estimate of drug-likeness (QED) is 0.742. The van der Waals surface area contributed by atoms with E-state index in [0.29, 0.717) is 0 Å². The van der Waals surface area contributed by atoms with Gasteiger partial charge in [0.1, 0.15) is 5.84 Å². The average Bonchev–Trinajstić information content (AvgIpc) is 2.80. The molecule has 93 valence electrons. The third-order valence-corrected chi connectivity index (χ3v) is 3.69. The van der Waals surface area contributed by atoms with Crippen molar-refractivity contribution in [1.29, 1.82) is 0 Å². The van der Waals surface area contributed by atoms with Crippen LogP contribution >= 0.6 is 0 Å². The van der Waals surface area contributed by atoms with Crippen LogP contribution in [0.15, 0.2) is 16.4 Å². The molecule has 0 saturated carbocycles. The highest BCUT2D eigenvalue weighted by Crippen LogP contribution is 2.28. The van der Waals surface area contributed by atoms with Gasteiger partial charge in [0.05, 0.1) is 24.6 Å². The smallest absolute Gasteiger partial charge is 0.130 e. The van der Waals surface area contributed by atoms with Crippen LogP contribution in [0.3, 0.4) is 0 Å². The van der Waals surface area contributed by atoms with Gasteiger partial charge in [0, 0.05) is 26.1 Å². The van der Waals surface area contributed by atoms with Gasteiger partial charge in [0.15, 0.2) is 0 Å². The molecule has 2 aliphatic heterocycles. The van der Waals surface area contributed by atoms with E-state index in [9.17, 15) is 0 Å². The summed E-state index contributed by atoms with van der Waals surface area (Å²) in [6.45, 7) is 4.93. The lowest BCUT2D eigenvalue weighted by Gasteiger charge is -2.26. The Morgan fingerprint density at radius 1 is 1.06 bits per heavy atom. The van der Waals surface area contributed by atoms with E-state index in [1.807, 2.05) is 0 Å². The van der Waals surface area contributed by atoms with E-state index in [4.69, 9.17) is 4.74 Å². The molecule has 0 N–H and O–H groups in total. The van der Waals surface area contributed by atoms with Gasteiger partial charge < -0.3 is 4.74 Å². The van der Waals surface area contributed by atoms with E-state index in [1.165, 1.54) is 24.2 Å². The number of allylic oxidation sites excluding steroid dienone is 2. The molecule has 0 bridgehead atoms. The monoisotopic (exact) mass is 234 g/mol. The molecule has 4 nitrogen and oxygen atoms in total. The molecule has 0 amide bonds. The van der Waals surface area contributed by atoms with Gasteiger partial charge in [-0.2, -0.15) is 0 Å². The predicted octanol–water partition coefficient (Wildman–Crippen LogP) is 1.51. The van der Waals surface area contributed by atoms with Crippen LogP contribution in [0.4, 0.5) is 0 Å². The van der Waals surface area contributed by atoms with E-state index in [0.717, 1.165) is 57.9 Å². The predicted molar refractivity (Wildman–Crippen MR) is 66.9 cm³/mol. The molecule has 17 heavy (non-hydrogen) atoms. The van der Waals surface area contributed by atoms with Crippen molar-refractivity contribution in [3.05, 3.63) is 11.4 Å². The molecule has 1 radical (unpaired) electrons. The Labute approximate surface area is 103 Å². The van der Waals surface area contributed by atoms with E-state index in [2.05, 4.69) is 15.2 Å². The first-order valence-electron chi connectivity index (χ1n) is 6.73. The maximum absolute atomic E-state index is 5.35. The summed E-state index contributed by atoms with van der Waals surface area (Å²) in [4.78, 5) is 7.11. The number of amidine groups is 1. The highest BCUT2D eigenvalue weighted by atomic mass is 16.5. The number of hydrogen-bond acceptors (Lipinski definition) is 3. The standard InChI is InChI=1S/C13H20N3O/c1-2-4-12-11(3-1)14-13(15-12)5-6-16-7-9-17-10-8-16/h1-10H2. The van der Waals surface area contributed by atoms with Gasteiger partial charge in [0.25, 0.3) is 0 Å². The first-order valence-corrected chi connectivity index (χ1v) is 6.73.